The van der Waals surface area contributed by atoms with Gasteiger partial charge in [-0.1, -0.05) is 200 Å². The highest BCUT2D eigenvalue weighted by Crippen LogP contribution is 2.15. The van der Waals surface area contributed by atoms with Crippen LogP contribution < -0.4 is 0 Å². The van der Waals surface area contributed by atoms with Crippen molar-refractivity contribution in [2.45, 2.75) is 219 Å². The standard InChI is InChI=1S/C44H89NO5/c1-3-5-7-9-11-13-15-17-19-21-23-25-27-29-31-33-35-45(36-39-48-41-38-46)37-40-49-42-43-50-44(47)34-32-30-28-26-24-22-20-18-16-14-12-10-8-6-4-2/h46H,3-43H2,1-2H3. The summed E-state index contributed by atoms with van der Waals surface area (Å²) in [5.41, 5.74) is 0. The second-order valence-corrected chi connectivity index (χ2v) is 15.0. The van der Waals surface area contributed by atoms with E-state index in [1.807, 2.05) is 0 Å². The molecule has 0 aromatic carbocycles. The molecule has 0 aromatic rings. The fourth-order valence-electron chi connectivity index (χ4n) is 6.80. The maximum Gasteiger partial charge on any atom is 0.305 e. The summed E-state index contributed by atoms with van der Waals surface area (Å²) in [5.74, 6) is -0.0885. The van der Waals surface area contributed by atoms with Crippen LogP contribution in [-0.2, 0) is 19.0 Å². The normalized spacial score (nSPS) is 11.6. The number of nitrogens with zero attached hydrogens (tertiary/aromatic N) is 1. The van der Waals surface area contributed by atoms with E-state index in [1.165, 1.54) is 186 Å². The van der Waals surface area contributed by atoms with Crippen molar-refractivity contribution in [1.29, 1.82) is 0 Å². The summed E-state index contributed by atoms with van der Waals surface area (Å²) in [4.78, 5) is 14.5. The van der Waals surface area contributed by atoms with Gasteiger partial charge in [-0.25, -0.2) is 0 Å². The molecular formula is C44H89NO5. The van der Waals surface area contributed by atoms with Crippen molar-refractivity contribution in [2.24, 2.45) is 0 Å². The molecule has 0 saturated carbocycles. The summed E-state index contributed by atoms with van der Waals surface area (Å²) in [5, 5.41) is 9.01. The Balaban J connectivity index is 3.65. The van der Waals surface area contributed by atoms with Crippen LogP contribution in [0.3, 0.4) is 0 Å². The third kappa shape index (κ3) is 41.7. The van der Waals surface area contributed by atoms with E-state index in [-0.39, 0.29) is 12.6 Å². The van der Waals surface area contributed by atoms with Gasteiger partial charge in [0.1, 0.15) is 6.61 Å². The molecule has 0 amide bonds. The second kappa shape index (κ2) is 44.5. The van der Waals surface area contributed by atoms with Gasteiger partial charge >= 0.3 is 5.97 Å². The molecule has 0 aliphatic heterocycles. The van der Waals surface area contributed by atoms with Crippen molar-refractivity contribution in [3.8, 4) is 0 Å². The molecule has 6 nitrogen and oxygen atoms in total. The zero-order valence-corrected chi connectivity index (χ0v) is 34.0. The Kier molecular flexibility index (Phi) is 43.9. The average molecular weight is 712 g/mol. The number of ether oxygens (including phenoxy) is 3. The van der Waals surface area contributed by atoms with E-state index in [0.717, 1.165) is 32.5 Å². The largest absolute Gasteiger partial charge is 0.463 e. The minimum Gasteiger partial charge on any atom is -0.463 e. The predicted octanol–water partition coefficient (Wildman–Crippen LogP) is 12.4. The second-order valence-electron chi connectivity index (χ2n) is 15.0. The number of aliphatic hydroxyl groups is 1. The molecule has 0 aliphatic carbocycles. The molecule has 0 saturated heterocycles. The molecule has 0 unspecified atom stereocenters. The molecule has 0 aliphatic rings. The van der Waals surface area contributed by atoms with E-state index in [9.17, 15) is 4.79 Å². The molecule has 0 atom stereocenters. The Morgan fingerprint density at radius 3 is 1.12 bits per heavy atom. The first kappa shape index (κ1) is 49.3. The molecule has 6 heteroatoms. The minimum absolute atomic E-state index is 0.0698. The van der Waals surface area contributed by atoms with Crippen LogP contribution in [0, 0.1) is 0 Å². The molecule has 0 bridgehead atoms. The van der Waals surface area contributed by atoms with Crippen LogP contribution in [0.25, 0.3) is 0 Å². The van der Waals surface area contributed by atoms with Crippen LogP contribution in [0.1, 0.15) is 219 Å². The number of carbonyl (C=O) groups excluding carboxylic acids is 1. The van der Waals surface area contributed by atoms with Gasteiger partial charge in [-0.2, -0.15) is 0 Å². The lowest BCUT2D eigenvalue weighted by atomic mass is 10.0. The zero-order valence-electron chi connectivity index (χ0n) is 34.0. The third-order valence-electron chi connectivity index (χ3n) is 10.1. The Bertz CT molecular complexity index is 634. The third-order valence-corrected chi connectivity index (χ3v) is 10.1. The molecule has 0 aromatic heterocycles. The number of esters is 1. The number of carbonyl (C=O) groups is 1. The molecule has 0 rings (SSSR count). The molecule has 0 heterocycles. The summed E-state index contributed by atoms with van der Waals surface area (Å²) in [7, 11) is 0. The van der Waals surface area contributed by atoms with E-state index in [0.29, 0.717) is 39.5 Å². The Morgan fingerprint density at radius 1 is 0.400 bits per heavy atom. The summed E-state index contributed by atoms with van der Waals surface area (Å²) < 4.78 is 16.7. The predicted molar refractivity (Wildman–Crippen MR) is 215 cm³/mol. The van der Waals surface area contributed by atoms with Crippen LogP contribution in [0.15, 0.2) is 0 Å². The zero-order chi connectivity index (χ0) is 36.3. The van der Waals surface area contributed by atoms with Crippen LogP contribution >= 0.6 is 0 Å². The Morgan fingerprint density at radius 2 is 0.740 bits per heavy atom. The van der Waals surface area contributed by atoms with Gasteiger partial charge < -0.3 is 19.3 Å². The first-order chi connectivity index (χ1) is 24.7. The van der Waals surface area contributed by atoms with E-state index in [2.05, 4.69) is 18.7 Å². The monoisotopic (exact) mass is 712 g/mol. The topological polar surface area (TPSA) is 68.2 Å². The number of aliphatic hydroxyl groups excluding tert-OH is 1. The summed E-state index contributed by atoms with van der Waals surface area (Å²) in [6.07, 6.45) is 42.6. The van der Waals surface area contributed by atoms with Crippen LogP contribution in [-0.4, -0.2) is 75.3 Å². The van der Waals surface area contributed by atoms with E-state index < -0.39 is 0 Å². The first-order valence-electron chi connectivity index (χ1n) is 22.4. The van der Waals surface area contributed by atoms with Crippen LogP contribution in [0.5, 0.6) is 0 Å². The maximum absolute atomic E-state index is 12.1. The number of hydrogen-bond acceptors (Lipinski definition) is 6. The Labute approximate surface area is 312 Å². The van der Waals surface area contributed by atoms with Crippen molar-refractivity contribution in [2.75, 3.05) is 59.3 Å². The van der Waals surface area contributed by atoms with Crippen molar-refractivity contribution in [1.82, 2.24) is 4.90 Å². The molecule has 1 N–H and O–H groups in total. The summed E-state index contributed by atoms with van der Waals surface area (Å²) in [6.45, 7) is 9.88. The minimum atomic E-state index is -0.0885. The summed E-state index contributed by atoms with van der Waals surface area (Å²) >= 11 is 0. The summed E-state index contributed by atoms with van der Waals surface area (Å²) in [6, 6.07) is 0. The van der Waals surface area contributed by atoms with Gasteiger partial charge in [0, 0.05) is 19.5 Å². The van der Waals surface area contributed by atoms with Crippen LogP contribution in [0.4, 0.5) is 0 Å². The molecule has 50 heavy (non-hydrogen) atoms. The fraction of sp³-hybridized carbons (Fsp3) is 0.977. The van der Waals surface area contributed by atoms with Gasteiger partial charge in [0.25, 0.3) is 0 Å². The molecule has 300 valence electrons. The average Bonchev–Trinajstić information content (AvgIpc) is 3.12. The highest BCUT2D eigenvalue weighted by molar-refractivity contribution is 5.69. The smallest absolute Gasteiger partial charge is 0.305 e. The van der Waals surface area contributed by atoms with Gasteiger partial charge in [0.2, 0.25) is 0 Å². The lowest BCUT2D eigenvalue weighted by Crippen LogP contribution is -2.32. The Hall–Kier alpha value is -0.690. The maximum atomic E-state index is 12.1. The van der Waals surface area contributed by atoms with Gasteiger partial charge in [0.05, 0.1) is 33.0 Å². The van der Waals surface area contributed by atoms with Gasteiger partial charge in [-0.15, -0.1) is 0 Å². The fourth-order valence-corrected chi connectivity index (χ4v) is 6.80. The molecule has 0 spiro atoms. The lowest BCUT2D eigenvalue weighted by Gasteiger charge is -2.22. The van der Waals surface area contributed by atoms with E-state index >= 15 is 0 Å². The lowest BCUT2D eigenvalue weighted by molar-refractivity contribution is -0.145. The van der Waals surface area contributed by atoms with Crippen molar-refractivity contribution in [3.05, 3.63) is 0 Å². The van der Waals surface area contributed by atoms with E-state index in [1.54, 1.807) is 0 Å². The van der Waals surface area contributed by atoms with Gasteiger partial charge in [0.15, 0.2) is 0 Å². The van der Waals surface area contributed by atoms with Crippen molar-refractivity contribution >= 4 is 5.97 Å². The highest BCUT2D eigenvalue weighted by atomic mass is 16.6. The highest BCUT2D eigenvalue weighted by Gasteiger charge is 2.07. The van der Waals surface area contributed by atoms with Crippen LogP contribution in [0.2, 0.25) is 0 Å². The number of rotatable bonds is 44. The SMILES string of the molecule is CCCCCCCCCCCCCCCCCCN(CCOCCO)CCOCCOC(=O)CCCCCCCCCCCCCCCCC. The number of hydrogen-bond donors (Lipinski definition) is 1. The van der Waals surface area contributed by atoms with Crippen molar-refractivity contribution in [3.63, 3.8) is 0 Å². The number of unbranched alkanes of at least 4 members (excludes halogenated alkanes) is 29. The van der Waals surface area contributed by atoms with Gasteiger partial charge in [-0.05, 0) is 19.4 Å². The molecule has 0 radical (unpaired) electrons. The van der Waals surface area contributed by atoms with Gasteiger partial charge in [-0.3, -0.25) is 9.69 Å². The first-order valence-corrected chi connectivity index (χ1v) is 22.4. The quantitative estimate of drug-likeness (QED) is 0.0501. The molecule has 0 fully saturated rings. The van der Waals surface area contributed by atoms with Crippen molar-refractivity contribution < 1.29 is 24.1 Å². The van der Waals surface area contributed by atoms with E-state index in [4.69, 9.17) is 19.3 Å². The molecular weight excluding hydrogens is 622 g/mol.